The van der Waals surface area contributed by atoms with Crippen molar-refractivity contribution in [2.75, 3.05) is 11.9 Å². The minimum Gasteiger partial charge on any atom is -0.339 e. The first-order chi connectivity index (χ1) is 18.8. The van der Waals surface area contributed by atoms with Crippen LogP contribution in [-0.4, -0.2) is 16.6 Å². The largest absolute Gasteiger partial charge is 0.416 e. The van der Waals surface area contributed by atoms with Crippen LogP contribution in [0.25, 0.3) is 11.1 Å². The number of thiocarbonyl (C=S) groups is 1. The number of nitrogens with zero attached hydrogens (tertiary/aromatic N) is 1. The van der Waals surface area contributed by atoms with Crippen molar-refractivity contribution in [2.45, 2.75) is 63.3 Å². The molecule has 3 aromatic carbocycles. The Morgan fingerprint density at radius 1 is 0.775 bits per heavy atom. The maximum atomic E-state index is 13.5. The molecule has 2 fully saturated rings. The zero-order valence-corrected chi connectivity index (χ0v) is 22.8. The van der Waals surface area contributed by atoms with Gasteiger partial charge in [-0.1, -0.05) is 73.9 Å². The Morgan fingerprint density at radius 2 is 1.32 bits per heavy atom. The number of hydrogen-bond donors (Lipinski definition) is 1. The van der Waals surface area contributed by atoms with Crippen LogP contribution >= 0.6 is 12.2 Å². The van der Waals surface area contributed by atoms with Gasteiger partial charge in [-0.3, -0.25) is 0 Å². The Balaban J connectivity index is 1.49. The lowest BCUT2D eigenvalue weighted by molar-refractivity contribution is -0.143. The van der Waals surface area contributed by atoms with Crippen LogP contribution in [0.15, 0.2) is 72.8 Å². The van der Waals surface area contributed by atoms with Crippen LogP contribution in [0.1, 0.15) is 62.1 Å². The first kappa shape index (κ1) is 28.5. The second-order valence-corrected chi connectivity index (χ2v) is 11.7. The Hall–Kier alpha value is -3.07. The van der Waals surface area contributed by atoms with Gasteiger partial charge in [-0.05, 0) is 78.7 Å². The highest BCUT2D eigenvalue weighted by Crippen LogP contribution is 2.54. The summed E-state index contributed by atoms with van der Waals surface area (Å²) in [4.78, 5) is 1.97. The van der Waals surface area contributed by atoms with Crippen molar-refractivity contribution in [3.05, 3.63) is 89.5 Å². The molecule has 0 aromatic heterocycles. The summed E-state index contributed by atoms with van der Waals surface area (Å²) >= 11 is 5.73. The molecule has 0 radical (unpaired) electrons. The van der Waals surface area contributed by atoms with E-state index in [2.05, 4.69) is 12.2 Å². The van der Waals surface area contributed by atoms with Gasteiger partial charge in [-0.2, -0.15) is 26.3 Å². The van der Waals surface area contributed by atoms with Gasteiger partial charge in [0.15, 0.2) is 5.11 Å². The molecule has 1 N–H and O–H groups in total. The molecule has 0 bridgehead atoms. The van der Waals surface area contributed by atoms with E-state index in [4.69, 9.17) is 12.2 Å². The topological polar surface area (TPSA) is 15.3 Å². The molecular formula is C31H30F6N2S. The molecule has 0 unspecified atom stereocenters. The number of nitrogens with one attached hydrogen (secondary N) is 1. The normalized spacial score (nSPS) is 21.0. The van der Waals surface area contributed by atoms with Crippen molar-refractivity contribution in [1.82, 2.24) is 4.90 Å². The van der Waals surface area contributed by atoms with E-state index in [1.807, 2.05) is 59.5 Å². The molecule has 0 amide bonds. The fraction of sp³-hybridized carbons (Fsp3) is 0.387. The summed E-state index contributed by atoms with van der Waals surface area (Å²) in [6, 6.07) is 19.6. The zero-order chi connectivity index (χ0) is 28.8. The van der Waals surface area contributed by atoms with Crippen molar-refractivity contribution in [1.29, 1.82) is 0 Å². The number of rotatable bonds is 3. The molecule has 1 spiro atoms. The van der Waals surface area contributed by atoms with E-state index in [0.29, 0.717) is 18.7 Å². The van der Waals surface area contributed by atoms with Crippen LogP contribution in [0.2, 0.25) is 0 Å². The maximum Gasteiger partial charge on any atom is 0.416 e. The van der Waals surface area contributed by atoms with Crippen LogP contribution in [0.5, 0.6) is 0 Å². The Bertz CT molecular complexity index is 1330. The Labute approximate surface area is 235 Å². The van der Waals surface area contributed by atoms with Gasteiger partial charge < -0.3 is 10.2 Å². The number of anilines is 1. The molecule has 1 saturated carbocycles. The number of halogens is 6. The minimum absolute atomic E-state index is 0.0260. The third-order valence-electron chi connectivity index (χ3n) is 8.42. The Kier molecular flexibility index (Phi) is 7.40. The molecule has 40 heavy (non-hydrogen) atoms. The average Bonchev–Trinajstić information content (AvgIpc) is 3.21. The van der Waals surface area contributed by atoms with Crippen LogP contribution in [-0.2, 0) is 17.9 Å². The summed E-state index contributed by atoms with van der Waals surface area (Å²) in [5.74, 6) is 0. The van der Waals surface area contributed by atoms with E-state index < -0.39 is 29.0 Å². The van der Waals surface area contributed by atoms with Crippen molar-refractivity contribution in [2.24, 2.45) is 5.41 Å². The third-order valence-corrected chi connectivity index (χ3v) is 8.74. The lowest BCUT2D eigenvalue weighted by Gasteiger charge is -2.38. The SMILES string of the molecule is C[C@@]1(c2ccc(-c3ccccc3)cc2)CC2(CCCCC2)CN1C(=S)Nc1cc(C(F)(F)F)cc(C(F)(F)F)c1. The van der Waals surface area contributed by atoms with Gasteiger partial charge in [0.1, 0.15) is 0 Å². The smallest absolute Gasteiger partial charge is 0.339 e. The van der Waals surface area contributed by atoms with Crippen LogP contribution < -0.4 is 5.32 Å². The molecule has 2 nitrogen and oxygen atoms in total. The highest BCUT2D eigenvalue weighted by Gasteiger charge is 2.52. The van der Waals surface area contributed by atoms with Crippen molar-refractivity contribution < 1.29 is 26.3 Å². The van der Waals surface area contributed by atoms with E-state index in [9.17, 15) is 26.3 Å². The first-order valence-electron chi connectivity index (χ1n) is 13.3. The fourth-order valence-electron chi connectivity index (χ4n) is 6.45. The zero-order valence-electron chi connectivity index (χ0n) is 22.0. The second kappa shape index (κ2) is 10.4. The van der Waals surface area contributed by atoms with Crippen LogP contribution in [0.4, 0.5) is 32.0 Å². The van der Waals surface area contributed by atoms with Crippen LogP contribution in [0, 0.1) is 5.41 Å². The maximum absolute atomic E-state index is 13.5. The van der Waals surface area contributed by atoms with Gasteiger partial charge in [0.2, 0.25) is 0 Å². The van der Waals surface area contributed by atoms with Gasteiger partial charge in [0.25, 0.3) is 0 Å². The molecule has 9 heteroatoms. The monoisotopic (exact) mass is 576 g/mol. The number of alkyl halides is 6. The first-order valence-corrected chi connectivity index (χ1v) is 13.7. The summed E-state index contributed by atoms with van der Waals surface area (Å²) in [5.41, 5.74) is -0.582. The summed E-state index contributed by atoms with van der Waals surface area (Å²) < 4.78 is 80.8. The van der Waals surface area contributed by atoms with Crippen molar-refractivity contribution in [3.63, 3.8) is 0 Å². The van der Waals surface area contributed by atoms with Gasteiger partial charge in [-0.15, -0.1) is 0 Å². The molecular weight excluding hydrogens is 546 g/mol. The molecule has 1 atom stereocenters. The molecule has 2 aliphatic rings. The highest BCUT2D eigenvalue weighted by molar-refractivity contribution is 7.80. The van der Waals surface area contributed by atoms with Gasteiger partial charge in [-0.25, -0.2) is 0 Å². The standard InChI is InChI=1S/C31H30F6N2S/c1-28(23-12-10-22(11-13-23)21-8-4-2-5-9-21)19-29(14-6-3-7-15-29)20-39(28)27(40)38-26-17-24(30(32,33)34)16-25(18-26)31(35,36)37/h2,4-5,8-13,16-18H,3,6-7,14-15,19-20H2,1H3,(H,38,40)/t28-/m0/s1. The van der Waals surface area contributed by atoms with E-state index in [0.717, 1.165) is 55.2 Å². The lowest BCUT2D eigenvalue weighted by Crippen LogP contribution is -2.45. The molecule has 5 rings (SSSR count). The predicted octanol–water partition coefficient (Wildman–Crippen LogP) is 9.66. The predicted molar refractivity (Wildman–Crippen MR) is 149 cm³/mol. The Morgan fingerprint density at radius 3 is 1.88 bits per heavy atom. The molecule has 212 valence electrons. The average molecular weight is 577 g/mol. The van der Waals surface area contributed by atoms with E-state index in [1.54, 1.807) is 0 Å². The number of benzene rings is 3. The summed E-state index contributed by atoms with van der Waals surface area (Å²) in [5, 5.41) is 2.87. The van der Waals surface area contributed by atoms with Gasteiger partial charge in [0, 0.05) is 12.2 Å². The van der Waals surface area contributed by atoms with Crippen LogP contribution in [0.3, 0.4) is 0 Å². The molecule has 3 aromatic rings. The molecule has 1 aliphatic carbocycles. The number of hydrogen-bond acceptors (Lipinski definition) is 1. The molecule has 1 heterocycles. The minimum atomic E-state index is -4.94. The number of likely N-dealkylation sites (tertiary alicyclic amines) is 1. The third kappa shape index (κ3) is 5.71. The molecule has 1 aliphatic heterocycles. The van der Waals surface area contributed by atoms with E-state index in [-0.39, 0.29) is 22.3 Å². The van der Waals surface area contributed by atoms with E-state index in [1.165, 1.54) is 0 Å². The summed E-state index contributed by atoms with van der Waals surface area (Å²) in [6.07, 6.45) is -3.75. The quantitative estimate of drug-likeness (QED) is 0.247. The summed E-state index contributed by atoms with van der Waals surface area (Å²) in [6.45, 7) is 2.65. The summed E-state index contributed by atoms with van der Waals surface area (Å²) in [7, 11) is 0. The van der Waals surface area contributed by atoms with Crippen molar-refractivity contribution in [3.8, 4) is 11.1 Å². The van der Waals surface area contributed by atoms with Crippen molar-refractivity contribution >= 4 is 23.0 Å². The lowest BCUT2D eigenvalue weighted by atomic mass is 9.70. The molecule has 1 saturated heterocycles. The van der Waals surface area contributed by atoms with Gasteiger partial charge in [0.05, 0.1) is 16.7 Å². The highest BCUT2D eigenvalue weighted by atomic mass is 32.1. The van der Waals surface area contributed by atoms with Gasteiger partial charge >= 0.3 is 12.4 Å². The fourth-order valence-corrected chi connectivity index (χ4v) is 6.84. The van der Waals surface area contributed by atoms with E-state index >= 15 is 0 Å². The second-order valence-electron chi connectivity index (χ2n) is 11.3.